The van der Waals surface area contributed by atoms with Gasteiger partial charge in [-0.2, -0.15) is 0 Å². The van der Waals surface area contributed by atoms with Crippen molar-refractivity contribution in [2.45, 2.75) is 38.0 Å². The molecule has 1 N–H and O–H groups in total. The van der Waals surface area contributed by atoms with E-state index in [1.807, 2.05) is 0 Å². The van der Waals surface area contributed by atoms with Gasteiger partial charge in [0.1, 0.15) is 0 Å². The van der Waals surface area contributed by atoms with Crippen LogP contribution in [0.5, 0.6) is 0 Å². The Morgan fingerprint density at radius 3 is 2.79 bits per heavy atom. The van der Waals surface area contributed by atoms with Gasteiger partial charge in [0.25, 0.3) is 0 Å². The van der Waals surface area contributed by atoms with Crippen LogP contribution in [0.3, 0.4) is 0 Å². The molecule has 0 aliphatic carbocycles. The van der Waals surface area contributed by atoms with Gasteiger partial charge >= 0.3 is 0 Å². The standard InChI is InChI=1S/C11H22ClNO/c1-10(12)3-2-6-13-9-11-4-7-14-8-5-11/h10-11,13H,2-9H2,1H3. The van der Waals surface area contributed by atoms with Crippen molar-refractivity contribution in [2.75, 3.05) is 26.3 Å². The van der Waals surface area contributed by atoms with Gasteiger partial charge in [-0.15, -0.1) is 11.6 Å². The molecule has 1 atom stereocenters. The van der Waals surface area contributed by atoms with Crippen LogP contribution in [-0.2, 0) is 4.74 Å². The first-order valence-electron chi connectivity index (χ1n) is 5.71. The van der Waals surface area contributed by atoms with E-state index in [9.17, 15) is 0 Å². The molecule has 0 aromatic rings. The molecule has 0 saturated carbocycles. The number of halogens is 1. The van der Waals surface area contributed by atoms with Crippen LogP contribution >= 0.6 is 11.6 Å². The van der Waals surface area contributed by atoms with Gasteiger partial charge in [0.05, 0.1) is 0 Å². The van der Waals surface area contributed by atoms with E-state index in [1.54, 1.807) is 0 Å². The summed E-state index contributed by atoms with van der Waals surface area (Å²) >= 11 is 5.86. The zero-order valence-electron chi connectivity index (χ0n) is 9.10. The van der Waals surface area contributed by atoms with Crippen LogP contribution in [0, 0.1) is 5.92 Å². The third kappa shape index (κ3) is 5.84. The summed E-state index contributed by atoms with van der Waals surface area (Å²) < 4.78 is 5.31. The van der Waals surface area contributed by atoms with Crippen molar-refractivity contribution in [1.82, 2.24) is 5.32 Å². The van der Waals surface area contributed by atoms with Crippen LogP contribution in [0.15, 0.2) is 0 Å². The van der Waals surface area contributed by atoms with Crippen molar-refractivity contribution < 1.29 is 4.74 Å². The van der Waals surface area contributed by atoms with E-state index in [0.717, 1.165) is 38.6 Å². The summed E-state index contributed by atoms with van der Waals surface area (Å²) in [6.07, 6.45) is 4.74. The summed E-state index contributed by atoms with van der Waals surface area (Å²) in [5.74, 6) is 0.831. The van der Waals surface area contributed by atoms with E-state index in [1.165, 1.54) is 19.3 Å². The number of alkyl halides is 1. The Labute approximate surface area is 92.3 Å². The van der Waals surface area contributed by atoms with Crippen LogP contribution < -0.4 is 5.32 Å². The Balaban J connectivity index is 1.87. The molecule has 1 fully saturated rings. The predicted molar refractivity (Wildman–Crippen MR) is 61.0 cm³/mol. The molecule has 84 valence electrons. The minimum Gasteiger partial charge on any atom is -0.381 e. The Hall–Kier alpha value is 0.210. The van der Waals surface area contributed by atoms with Gasteiger partial charge < -0.3 is 10.1 Å². The second-order valence-electron chi connectivity index (χ2n) is 4.18. The van der Waals surface area contributed by atoms with Crippen molar-refractivity contribution in [1.29, 1.82) is 0 Å². The van der Waals surface area contributed by atoms with Crippen molar-refractivity contribution in [3.8, 4) is 0 Å². The molecule has 1 aliphatic heterocycles. The van der Waals surface area contributed by atoms with Gasteiger partial charge in [0, 0.05) is 18.6 Å². The van der Waals surface area contributed by atoms with E-state index in [-0.39, 0.29) is 0 Å². The fourth-order valence-electron chi connectivity index (χ4n) is 1.77. The number of nitrogens with one attached hydrogen (secondary N) is 1. The van der Waals surface area contributed by atoms with E-state index < -0.39 is 0 Å². The number of hydrogen-bond acceptors (Lipinski definition) is 2. The van der Waals surface area contributed by atoms with Crippen LogP contribution in [0.1, 0.15) is 32.6 Å². The number of hydrogen-bond donors (Lipinski definition) is 1. The molecular weight excluding hydrogens is 198 g/mol. The van der Waals surface area contributed by atoms with Crippen LogP contribution in [0.25, 0.3) is 0 Å². The number of rotatable bonds is 6. The zero-order chi connectivity index (χ0) is 10.2. The Kier molecular flexibility index (Phi) is 6.57. The third-order valence-electron chi connectivity index (χ3n) is 2.73. The molecule has 0 radical (unpaired) electrons. The maximum atomic E-state index is 5.86. The average molecular weight is 220 g/mol. The monoisotopic (exact) mass is 219 g/mol. The predicted octanol–water partition coefficient (Wildman–Crippen LogP) is 2.41. The summed E-state index contributed by atoms with van der Waals surface area (Å²) in [4.78, 5) is 0. The van der Waals surface area contributed by atoms with E-state index in [2.05, 4.69) is 12.2 Å². The molecule has 0 aromatic heterocycles. The fraction of sp³-hybridized carbons (Fsp3) is 1.00. The lowest BCUT2D eigenvalue weighted by atomic mass is 10.0. The first kappa shape index (κ1) is 12.3. The average Bonchev–Trinajstić information content (AvgIpc) is 2.18. The first-order chi connectivity index (χ1) is 6.79. The topological polar surface area (TPSA) is 21.3 Å². The fourth-order valence-corrected chi connectivity index (χ4v) is 1.92. The van der Waals surface area contributed by atoms with Crippen molar-refractivity contribution >= 4 is 11.6 Å². The molecule has 2 nitrogen and oxygen atoms in total. The molecule has 1 rings (SSSR count). The van der Waals surface area contributed by atoms with E-state index >= 15 is 0 Å². The minimum absolute atomic E-state index is 0.319. The molecule has 1 saturated heterocycles. The molecule has 0 bridgehead atoms. The largest absolute Gasteiger partial charge is 0.381 e. The maximum Gasteiger partial charge on any atom is 0.0469 e. The van der Waals surface area contributed by atoms with Crippen molar-refractivity contribution in [3.05, 3.63) is 0 Å². The number of ether oxygens (including phenoxy) is 1. The van der Waals surface area contributed by atoms with Gasteiger partial charge in [0.2, 0.25) is 0 Å². The van der Waals surface area contributed by atoms with Crippen LogP contribution in [0.2, 0.25) is 0 Å². The second-order valence-corrected chi connectivity index (χ2v) is 4.93. The highest BCUT2D eigenvalue weighted by molar-refractivity contribution is 6.20. The molecular formula is C11H22ClNO. The minimum atomic E-state index is 0.319. The Morgan fingerprint density at radius 2 is 2.14 bits per heavy atom. The highest BCUT2D eigenvalue weighted by Crippen LogP contribution is 2.13. The zero-order valence-corrected chi connectivity index (χ0v) is 9.85. The third-order valence-corrected chi connectivity index (χ3v) is 2.95. The van der Waals surface area contributed by atoms with E-state index in [4.69, 9.17) is 16.3 Å². The summed E-state index contributed by atoms with van der Waals surface area (Å²) in [6.45, 7) is 6.21. The van der Waals surface area contributed by atoms with Gasteiger partial charge in [-0.1, -0.05) is 0 Å². The van der Waals surface area contributed by atoms with Gasteiger partial charge in [0.15, 0.2) is 0 Å². The molecule has 14 heavy (non-hydrogen) atoms. The van der Waals surface area contributed by atoms with Crippen molar-refractivity contribution in [2.24, 2.45) is 5.92 Å². The summed E-state index contributed by atoms with van der Waals surface area (Å²) in [5.41, 5.74) is 0. The summed E-state index contributed by atoms with van der Waals surface area (Å²) in [7, 11) is 0. The SMILES string of the molecule is CC(Cl)CCCNCC1CCOCC1. The highest BCUT2D eigenvalue weighted by Gasteiger charge is 2.12. The van der Waals surface area contributed by atoms with E-state index in [0.29, 0.717) is 5.38 Å². The lowest BCUT2D eigenvalue weighted by Crippen LogP contribution is -2.28. The maximum absolute atomic E-state index is 5.86. The van der Waals surface area contributed by atoms with Gasteiger partial charge in [-0.3, -0.25) is 0 Å². The molecule has 1 aliphatic rings. The molecule has 3 heteroatoms. The quantitative estimate of drug-likeness (QED) is 0.547. The Morgan fingerprint density at radius 1 is 1.43 bits per heavy atom. The normalized spacial score (nSPS) is 21.0. The van der Waals surface area contributed by atoms with Crippen LogP contribution in [0.4, 0.5) is 0 Å². The Bertz CT molecular complexity index is 135. The molecule has 0 aromatic carbocycles. The molecule has 0 spiro atoms. The summed E-state index contributed by atoms with van der Waals surface area (Å²) in [5, 5.41) is 3.82. The molecule has 1 unspecified atom stereocenters. The van der Waals surface area contributed by atoms with Gasteiger partial charge in [-0.05, 0) is 51.6 Å². The highest BCUT2D eigenvalue weighted by atomic mass is 35.5. The lowest BCUT2D eigenvalue weighted by molar-refractivity contribution is 0.0663. The van der Waals surface area contributed by atoms with Gasteiger partial charge in [-0.25, -0.2) is 0 Å². The second kappa shape index (κ2) is 7.49. The van der Waals surface area contributed by atoms with Crippen LogP contribution in [-0.4, -0.2) is 31.7 Å². The smallest absolute Gasteiger partial charge is 0.0469 e. The first-order valence-corrected chi connectivity index (χ1v) is 6.15. The lowest BCUT2D eigenvalue weighted by Gasteiger charge is -2.22. The molecule has 0 amide bonds. The molecule has 1 heterocycles. The van der Waals surface area contributed by atoms with Crippen molar-refractivity contribution in [3.63, 3.8) is 0 Å². The summed E-state index contributed by atoms with van der Waals surface area (Å²) in [6, 6.07) is 0.